The molecule has 0 aliphatic carbocycles. The third-order valence-electron chi connectivity index (χ3n) is 2.11. The number of nitrogens with zero attached hydrogens (tertiary/aromatic N) is 2. The molecule has 1 N–H and O–H groups in total. The van der Waals surface area contributed by atoms with Crippen molar-refractivity contribution in [3.63, 3.8) is 0 Å². The number of hydrogen-bond acceptors (Lipinski definition) is 4. The van der Waals surface area contributed by atoms with E-state index in [2.05, 4.69) is 22.0 Å². The molecule has 0 bridgehead atoms. The van der Waals surface area contributed by atoms with E-state index in [1.165, 1.54) is 0 Å². The largest absolute Gasteiger partial charge is 0.421 e. The van der Waals surface area contributed by atoms with Gasteiger partial charge in [-0.3, -0.25) is 0 Å². The monoisotopic (exact) mass is 228 g/mol. The molecule has 0 saturated carbocycles. The maximum absolute atomic E-state index is 8.64. The molecule has 86 valence electrons. The molecular formula is C13H12N2O2. The van der Waals surface area contributed by atoms with E-state index in [4.69, 9.17) is 9.52 Å². The first-order valence-electron chi connectivity index (χ1n) is 5.30. The quantitative estimate of drug-likeness (QED) is 0.796. The number of aromatic nitrogens is 2. The summed E-state index contributed by atoms with van der Waals surface area (Å²) in [4.78, 5) is 0. The lowest BCUT2D eigenvalue weighted by molar-refractivity contribution is 0.305. The van der Waals surface area contributed by atoms with E-state index in [-0.39, 0.29) is 6.61 Å². The second kappa shape index (κ2) is 5.28. The predicted octanol–water partition coefficient (Wildman–Crippen LogP) is 1.78. The summed E-state index contributed by atoms with van der Waals surface area (Å²) in [6.07, 6.45) is 0.476. The fourth-order valence-electron chi connectivity index (χ4n) is 1.36. The molecule has 0 atom stereocenters. The van der Waals surface area contributed by atoms with Crippen LogP contribution in [0.5, 0.6) is 0 Å². The molecule has 17 heavy (non-hydrogen) atoms. The average Bonchev–Trinajstić information content (AvgIpc) is 2.77. The van der Waals surface area contributed by atoms with Crippen LogP contribution in [0.3, 0.4) is 0 Å². The highest BCUT2D eigenvalue weighted by Crippen LogP contribution is 2.18. The lowest BCUT2D eigenvalue weighted by Crippen LogP contribution is -1.81. The van der Waals surface area contributed by atoms with Crippen LogP contribution in [0.15, 0.2) is 28.7 Å². The van der Waals surface area contributed by atoms with Crippen LogP contribution in [0, 0.1) is 18.8 Å². The average molecular weight is 228 g/mol. The van der Waals surface area contributed by atoms with Crippen LogP contribution >= 0.6 is 0 Å². The summed E-state index contributed by atoms with van der Waals surface area (Å²) in [5.74, 6) is 6.86. The first-order valence-corrected chi connectivity index (χ1v) is 5.30. The van der Waals surface area contributed by atoms with Gasteiger partial charge in [0, 0.05) is 24.5 Å². The van der Waals surface area contributed by atoms with Crippen molar-refractivity contribution in [2.45, 2.75) is 13.3 Å². The minimum Gasteiger partial charge on any atom is -0.421 e. The normalized spacial score (nSPS) is 9.76. The van der Waals surface area contributed by atoms with Gasteiger partial charge in [0.15, 0.2) is 0 Å². The van der Waals surface area contributed by atoms with Gasteiger partial charge in [-0.1, -0.05) is 17.9 Å². The molecule has 1 aromatic carbocycles. The van der Waals surface area contributed by atoms with Gasteiger partial charge >= 0.3 is 0 Å². The summed E-state index contributed by atoms with van der Waals surface area (Å²) >= 11 is 0. The highest BCUT2D eigenvalue weighted by atomic mass is 16.4. The van der Waals surface area contributed by atoms with Crippen molar-refractivity contribution in [2.75, 3.05) is 6.61 Å². The van der Waals surface area contributed by atoms with Gasteiger partial charge in [0.2, 0.25) is 11.8 Å². The first-order chi connectivity index (χ1) is 8.29. The van der Waals surface area contributed by atoms with Crippen LogP contribution in [0.2, 0.25) is 0 Å². The Morgan fingerprint density at radius 3 is 2.94 bits per heavy atom. The molecule has 1 heterocycles. The molecule has 0 spiro atoms. The van der Waals surface area contributed by atoms with Gasteiger partial charge in [-0.15, -0.1) is 10.2 Å². The molecule has 2 aromatic rings. The van der Waals surface area contributed by atoms with Crippen molar-refractivity contribution in [1.82, 2.24) is 10.2 Å². The number of aliphatic hydroxyl groups excluding tert-OH is 1. The minimum absolute atomic E-state index is 0.0789. The molecule has 0 amide bonds. The van der Waals surface area contributed by atoms with Crippen LogP contribution in [-0.2, 0) is 0 Å². The molecule has 0 fully saturated rings. The van der Waals surface area contributed by atoms with Crippen molar-refractivity contribution in [1.29, 1.82) is 0 Å². The zero-order valence-electron chi connectivity index (χ0n) is 9.47. The Kier molecular flexibility index (Phi) is 3.53. The standard InChI is InChI=1S/C13H12N2O2/c1-10-14-15-13(17-10)12-7-4-6-11(9-12)5-2-3-8-16/h4,6-7,9,16H,3,8H2,1H3. The Balaban J connectivity index is 2.26. The van der Waals surface area contributed by atoms with Crippen molar-refractivity contribution < 1.29 is 9.52 Å². The lowest BCUT2D eigenvalue weighted by atomic mass is 10.1. The van der Waals surface area contributed by atoms with Gasteiger partial charge in [0.25, 0.3) is 0 Å². The van der Waals surface area contributed by atoms with Crippen molar-refractivity contribution in [3.8, 4) is 23.3 Å². The zero-order valence-corrected chi connectivity index (χ0v) is 9.47. The molecule has 4 nitrogen and oxygen atoms in total. The van der Waals surface area contributed by atoms with E-state index < -0.39 is 0 Å². The first kappa shape index (κ1) is 11.4. The number of aliphatic hydroxyl groups is 1. The molecule has 1 aromatic heterocycles. The minimum atomic E-state index is 0.0789. The summed E-state index contributed by atoms with van der Waals surface area (Å²) in [5.41, 5.74) is 1.72. The Labute approximate surface area is 99.3 Å². The number of rotatable bonds is 2. The molecule has 0 aliphatic rings. The van der Waals surface area contributed by atoms with Gasteiger partial charge in [-0.25, -0.2) is 0 Å². The second-order valence-corrected chi connectivity index (χ2v) is 3.48. The zero-order chi connectivity index (χ0) is 12.1. The van der Waals surface area contributed by atoms with Gasteiger partial charge in [0.05, 0.1) is 6.61 Å². The fraction of sp³-hybridized carbons (Fsp3) is 0.231. The number of benzene rings is 1. The Bertz CT molecular complexity index is 564. The van der Waals surface area contributed by atoms with Gasteiger partial charge in [-0.05, 0) is 18.2 Å². The van der Waals surface area contributed by atoms with Crippen LogP contribution in [0.1, 0.15) is 17.9 Å². The molecular weight excluding hydrogens is 216 g/mol. The summed E-state index contributed by atoms with van der Waals surface area (Å²) in [6, 6.07) is 7.57. The molecule has 0 radical (unpaired) electrons. The molecule has 0 unspecified atom stereocenters. The summed E-state index contributed by atoms with van der Waals surface area (Å²) in [6.45, 7) is 1.83. The summed E-state index contributed by atoms with van der Waals surface area (Å²) in [5, 5.41) is 16.4. The van der Waals surface area contributed by atoms with E-state index in [9.17, 15) is 0 Å². The fourth-order valence-corrected chi connectivity index (χ4v) is 1.36. The smallest absolute Gasteiger partial charge is 0.247 e. The second-order valence-electron chi connectivity index (χ2n) is 3.48. The van der Waals surface area contributed by atoms with Crippen molar-refractivity contribution in [2.24, 2.45) is 0 Å². The Morgan fingerprint density at radius 1 is 1.35 bits per heavy atom. The summed E-state index contributed by atoms with van der Waals surface area (Å²) < 4.78 is 5.34. The highest BCUT2D eigenvalue weighted by molar-refractivity contribution is 5.56. The van der Waals surface area contributed by atoms with Crippen LogP contribution in [-0.4, -0.2) is 21.9 Å². The van der Waals surface area contributed by atoms with Crippen LogP contribution < -0.4 is 0 Å². The van der Waals surface area contributed by atoms with E-state index in [0.717, 1.165) is 11.1 Å². The van der Waals surface area contributed by atoms with Crippen molar-refractivity contribution >= 4 is 0 Å². The van der Waals surface area contributed by atoms with Crippen LogP contribution in [0.4, 0.5) is 0 Å². The Hall–Kier alpha value is -2.12. The maximum atomic E-state index is 8.64. The van der Waals surface area contributed by atoms with Gasteiger partial charge < -0.3 is 9.52 Å². The van der Waals surface area contributed by atoms with E-state index in [0.29, 0.717) is 18.2 Å². The highest BCUT2D eigenvalue weighted by Gasteiger charge is 2.05. The Morgan fingerprint density at radius 2 is 2.24 bits per heavy atom. The van der Waals surface area contributed by atoms with Crippen LogP contribution in [0.25, 0.3) is 11.5 Å². The van der Waals surface area contributed by atoms with Gasteiger partial charge in [0.1, 0.15) is 0 Å². The maximum Gasteiger partial charge on any atom is 0.247 e. The SMILES string of the molecule is Cc1nnc(-c2cccc(C#CCCO)c2)o1. The topological polar surface area (TPSA) is 59.2 Å². The third-order valence-corrected chi connectivity index (χ3v) is 2.11. The molecule has 0 saturated heterocycles. The number of aryl methyl sites for hydroxylation is 1. The van der Waals surface area contributed by atoms with E-state index in [1.54, 1.807) is 6.92 Å². The van der Waals surface area contributed by atoms with Gasteiger partial charge in [-0.2, -0.15) is 0 Å². The van der Waals surface area contributed by atoms with Crippen molar-refractivity contribution in [3.05, 3.63) is 35.7 Å². The lowest BCUT2D eigenvalue weighted by Gasteiger charge is -1.95. The van der Waals surface area contributed by atoms with E-state index >= 15 is 0 Å². The number of hydrogen-bond donors (Lipinski definition) is 1. The summed E-state index contributed by atoms with van der Waals surface area (Å²) in [7, 11) is 0. The van der Waals surface area contributed by atoms with E-state index in [1.807, 2.05) is 24.3 Å². The third kappa shape index (κ3) is 2.92. The molecule has 2 rings (SSSR count). The predicted molar refractivity (Wildman–Crippen MR) is 63.1 cm³/mol. The molecule has 0 aliphatic heterocycles. The molecule has 4 heteroatoms.